The highest BCUT2D eigenvalue weighted by Gasteiger charge is 2.59. The number of anilines is 2. The van der Waals surface area contributed by atoms with Crippen LogP contribution in [0.1, 0.15) is 51.5 Å². The summed E-state index contributed by atoms with van der Waals surface area (Å²) in [5.74, 6) is -1.05. The zero-order chi connectivity index (χ0) is 30.3. The van der Waals surface area contributed by atoms with Gasteiger partial charge in [-0.25, -0.2) is 0 Å². The molecule has 2 aliphatic heterocycles. The average Bonchev–Trinajstić information content (AvgIpc) is 3.35. The third-order valence-corrected chi connectivity index (χ3v) is 9.13. The zero-order valence-corrected chi connectivity index (χ0v) is 24.1. The molecule has 2 fully saturated rings. The number of rotatable bonds is 6. The largest absolute Gasteiger partial charge is 0.480 e. The molecular weight excluding hydrogens is 547 g/mol. The van der Waals surface area contributed by atoms with Gasteiger partial charge in [-0.1, -0.05) is 75.4 Å². The van der Waals surface area contributed by atoms with Crippen molar-refractivity contribution in [3.63, 3.8) is 0 Å². The SMILES string of the molecule is CC(C)(C)C1([C@@H](Oc2cc(N3CCC4(CC3)CN[C@H](C(=O)O)C4)nc(N)n2)C(F)(F)F)C=CC(c2ccccc2)C=C1. The lowest BCUT2D eigenvalue weighted by Crippen LogP contribution is -2.54. The first kappa shape index (κ1) is 29.9. The van der Waals surface area contributed by atoms with Crippen molar-refractivity contribution >= 4 is 17.7 Å². The number of hydrogen-bond donors (Lipinski definition) is 3. The van der Waals surface area contributed by atoms with Crippen molar-refractivity contribution in [1.29, 1.82) is 0 Å². The fourth-order valence-electron chi connectivity index (χ4n) is 6.50. The van der Waals surface area contributed by atoms with E-state index in [1.807, 2.05) is 35.2 Å². The van der Waals surface area contributed by atoms with E-state index >= 15 is 0 Å². The van der Waals surface area contributed by atoms with Crippen molar-refractivity contribution < 1.29 is 27.8 Å². The molecule has 1 aromatic carbocycles. The van der Waals surface area contributed by atoms with E-state index < -0.39 is 35.1 Å². The van der Waals surface area contributed by atoms with Crippen LogP contribution >= 0.6 is 0 Å². The number of aliphatic carboxylic acids is 1. The molecule has 4 N–H and O–H groups in total. The van der Waals surface area contributed by atoms with Crippen molar-refractivity contribution in [2.24, 2.45) is 16.2 Å². The van der Waals surface area contributed by atoms with Gasteiger partial charge in [0.05, 0.1) is 5.41 Å². The van der Waals surface area contributed by atoms with Crippen molar-refractivity contribution in [2.75, 3.05) is 30.3 Å². The Morgan fingerprint density at radius 3 is 2.31 bits per heavy atom. The minimum atomic E-state index is -4.73. The number of carbonyl (C=O) groups is 1. The van der Waals surface area contributed by atoms with Crippen LogP contribution in [0.3, 0.4) is 0 Å². The van der Waals surface area contributed by atoms with Crippen LogP contribution in [0.2, 0.25) is 0 Å². The highest BCUT2D eigenvalue weighted by atomic mass is 19.4. The highest BCUT2D eigenvalue weighted by molar-refractivity contribution is 5.74. The summed E-state index contributed by atoms with van der Waals surface area (Å²) < 4.78 is 50.4. The number of halogens is 3. The maximum atomic E-state index is 14.9. The predicted molar refractivity (Wildman–Crippen MR) is 154 cm³/mol. The zero-order valence-electron chi connectivity index (χ0n) is 24.1. The fourth-order valence-corrected chi connectivity index (χ4v) is 6.50. The van der Waals surface area contributed by atoms with Crippen molar-refractivity contribution in [3.8, 4) is 5.88 Å². The number of aromatic nitrogens is 2. The molecule has 2 atom stereocenters. The van der Waals surface area contributed by atoms with E-state index in [1.165, 1.54) is 6.07 Å². The Bertz CT molecular complexity index is 1330. The van der Waals surface area contributed by atoms with Gasteiger partial charge in [-0.3, -0.25) is 4.79 Å². The van der Waals surface area contributed by atoms with Gasteiger partial charge in [0.25, 0.3) is 0 Å². The first-order valence-corrected chi connectivity index (χ1v) is 14.2. The number of allylic oxidation sites excluding steroid dienone is 2. The number of nitrogens with zero attached hydrogens (tertiary/aromatic N) is 3. The normalized spacial score (nSPS) is 26.4. The molecule has 2 saturated heterocycles. The van der Waals surface area contributed by atoms with Crippen molar-refractivity contribution in [1.82, 2.24) is 15.3 Å². The highest BCUT2D eigenvalue weighted by Crippen LogP contribution is 2.53. The summed E-state index contributed by atoms with van der Waals surface area (Å²) in [6.45, 7) is 7.04. The summed E-state index contributed by atoms with van der Waals surface area (Å²) in [6.07, 6.45) is 1.88. The predicted octanol–water partition coefficient (Wildman–Crippen LogP) is 5.34. The van der Waals surface area contributed by atoms with Crippen LogP contribution in [0.5, 0.6) is 5.88 Å². The number of nitrogens with two attached hydrogens (primary N) is 1. The number of hydrogen-bond acceptors (Lipinski definition) is 7. The van der Waals surface area contributed by atoms with Gasteiger partial charge in [-0.05, 0) is 35.7 Å². The third-order valence-electron chi connectivity index (χ3n) is 9.13. The molecule has 3 aliphatic rings. The maximum Gasteiger partial charge on any atom is 0.426 e. The summed E-state index contributed by atoms with van der Waals surface area (Å²) >= 11 is 0. The number of ether oxygens (including phenoxy) is 1. The maximum absolute atomic E-state index is 14.9. The van der Waals surface area contributed by atoms with Gasteiger partial charge in [-0.2, -0.15) is 23.1 Å². The van der Waals surface area contributed by atoms with Crippen LogP contribution in [0.15, 0.2) is 60.7 Å². The molecule has 1 aliphatic carbocycles. The van der Waals surface area contributed by atoms with E-state index in [0.717, 1.165) is 18.4 Å². The summed E-state index contributed by atoms with van der Waals surface area (Å²) in [7, 11) is 0. The minimum absolute atomic E-state index is 0.130. The molecule has 0 unspecified atom stereocenters. The molecule has 0 amide bonds. The topological polar surface area (TPSA) is 114 Å². The molecule has 1 aromatic heterocycles. The Morgan fingerprint density at radius 1 is 1.12 bits per heavy atom. The number of nitrogens with one attached hydrogen (secondary N) is 1. The van der Waals surface area contributed by atoms with Crippen LogP contribution < -0.4 is 20.7 Å². The Labute approximate surface area is 243 Å². The van der Waals surface area contributed by atoms with E-state index in [9.17, 15) is 23.1 Å². The van der Waals surface area contributed by atoms with E-state index in [0.29, 0.717) is 31.9 Å². The average molecular weight is 586 g/mol. The summed E-state index contributed by atoms with van der Waals surface area (Å²) in [5, 5.41) is 12.5. The van der Waals surface area contributed by atoms with Crippen molar-refractivity contribution in [2.45, 2.75) is 64.3 Å². The number of alkyl halides is 3. The first-order chi connectivity index (χ1) is 19.7. The van der Waals surface area contributed by atoms with Gasteiger partial charge in [0.1, 0.15) is 11.9 Å². The van der Waals surface area contributed by atoms with Gasteiger partial charge < -0.3 is 25.8 Å². The number of nitrogen functional groups attached to an aromatic ring is 1. The Balaban J connectivity index is 1.39. The third kappa shape index (κ3) is 5.84. The van der Waals surface area contributed by atoms with Crippen LogP contribution in [-0.4, -0.2) is 59.0 Å². The summed E-state index contributed by atoms with van der Waals surface area (Å²) in [6, 6.07) is 10.5. The van der Waals surface area contributed by atoms with Gasteiger partial charge in [0.15, 0.2) is 0 Å². The van der Waals surface area contributed by atoms with E-state index in [-0.39, 0.29) is 23.2 Å². The second-order valence-electron chi connectivity index (χ2n) is 12.8. The summed E-state index contributed by atoms with van der Waals surface area (Å²) in [5.41, 5.74) is 4.45. The van der Waals surface area contributed by atoms with Gasteiger partial charge in [0.2, 0.25) is 17.9 Å². The second-order valence-corrected chi connectivity index (χ2v) is 12.8. The quantitative estimate of drug-likeness (QED) is 0.389. The van der Waals surface area contributed by atoms with E-state index in [1.54, 1.807) is 45.1 Å². The van der Waals surface area contributed by atoms with Crippen LogP contribution in [0, 0.1) is 16.2 Å². The van der Waals surface area contributed by atoms with Crippen LogP contribution in [0.25, 0.3) is 0 Å². The lowest BCUT2D eigenvalue weighted by atomic mass is 9.60. The summed E-state index contributed by atoms with van der Waals surface area (Å²) in [4.78, 5) is 21.7. The standard InChI is InChI=1S/C31H38F3N5O3/c1-28(2,3)30(11-9-21(10-12-30)20-7-5-4-6-8-20)26(31(32,33)34)42-24-17-23(37-27(35)38-24)39-15-13-29(14-16-39)18-22(25(40)41)36-19-29/h4-12,17,21-22,26,36H,13-16,18-19H2,1-3H3,(H,40,41)(H2,35,37,38)/t21?,22-,26+,30?/m0/s1. The van der Waals surface area contributed by atoms with Crippen LogP contribution in [0.4, 0.5) is 24.9 Å². The van der Waals surface area contributed by atoms with E-state index in [2.05, 4.69) is 15.3 Å². The number of carboxylic acid groups (broad SMARTS) is 1. The smallest absolute Gasteiger partial charge is 0.426 e. The molecule has 0 saturated carbocycles. The van der Waals surface area contributed by atoms with Gasteiger partial charge >= 0.3 is 12.1 Å². The van der Waals surface area contributed by atoms with Gasteiger partial charge in [0, 0.05) is 31.6 Å². The fraction of sp³-hybridized carbons (Fsp3) is 0.516. The molecule has 8 nitrogen and oxygen atoms in total. The first-order valence-electron chi connectivity index (χ1n) is 14.2. The lowest BCUT2D eigenvalue weighted by molar-refractivity contribution is -0.228. The Hall–Kier alpha value is -3.60. The van der Waals surface area contributed by atoms with Gasteiger partial charge in [-0.15, -0.1) is 0 Å². The molecule has 5 rings (SSSR count). The number of carboxylic acids is 1. The van der Waals surface area contributed by atoms with E-state index in [4.69, 9.17) is 10.5 Å². The molecule has 1 spiro atoms. The van der Waals surface area contributed by atoms with Crippen LogP contribution in [-0.2, 0) is 4.79 Å². The second kappa shape index (κ2) is 10.9. The molecule has 11 heteroatoms. The molecule has 42 heavy (non-hydrogen) atoms. The minimum Gasteiger partial charge on any atom is -0.480 e. The molecular formula is C31H38F3N5O3. The Morgan fingerprint density at radius 2 is 1.76 bits per heavy atom. The molecule has 2 aromatic rings. The molecule has 0 bridgehead atoms. The number of piperidine rings is 1. The van der Waals surface area contributed by atoms with Crippen molar-refractivity contribution in [3.05, 3.63) is 66.3 Å². The lowest BCUT2D eigenvalue weighted by Gasteiger charge is -2.47. The monoisotopic (exact) mass is 585 g/mol. The molecule has 0 radical (unpaired) electrons. The Kier molecular flexibility index (Phi) is 7.76. The molecule has 226 valence electrons. The molecule has 3 heterocycles. The number of benzene rings is 1.